The van der Waals surface area contributed by atoms with Crippen LogP contribution in [0.1, 0.15) is 180 Å². The van der Waals surface area contributed by atoms with Crippen LogP contribution in [0.4, 0.5) is 0 Å². The third-order valence-electron chi connectivity index (χ3n) is 24.8. The van der Waals surface area contributed by atoms with Crippen molar-refractivity contribution in [2.45, 2.75) is 341 Å². The summed E-state index contributed by atoms with van der Waals surface area (Å²) in [6.07, 6.45) is -22.5. The van der Waals surface area contributed by atoms with E-state index in [2.05, 4.69) is 79.9 Å². The predicted molar refractivity (Wildman–Crippen MR) is 523 cm³/mol. The predicted octanol–water partition coefficient (Wildman–Crippen LogP) is -11.0. The highest BCUT2D eigenvalue weighted by Gasteiger charge is 2.55. The van der Waals surface area contributed by atoms with Crippen LogP contribution in [-0.2, 0) is 100 Å². The molecule has 4 aliphatic heterocycles. The summed E-state index contributed by atoms with van der Waals surface area (Å²) in [6.45, 7) is 3.54. The van der Waals surface area contributed by atoms with E-state index >= 15 is 0 Å². The molecular weight excluding hydrogens is 1950 g/mol. The Balaban J connectivity index is 1.03. The van der Waals surface area contributed by atoms with Crippen LogP contribution >= 0.6 is 0 Å². The Hall–Kier alpha value is -10.6. The summed E-state index contributed by atoms with van der Waals surface area (Å²) in [7, 11) is 0. The molecule has 28 atom stereocenters. The van der Waals surface area contributed by atoms with Crippen LogP contribution in [0.2, 0.25) is 0 Å². The van der Waals surface area contributed by atoms with Gasteiger partial charge in [-0.1, -0.05) is 102 Å². The van der Waals surface area contributed by atoms with Gasteiger partial charge in [-0.25, -0.2) is 5.48 Å². The van der Waals surface area contributed by atoms with Crippen LogP contribution < -0.4 is 113 Å². The highest BCUT2D eigenvalue weighted by molar-refractivity contribution is 6.00. The molecule has 0 bridgehead atoms. The van der Waals surface area contributed by atoms with Crippen molar-refractivity contribution < 1.29 is 166 Å². The maximum Gasteiger partial charge on any atom is 0.274 e. The molecule has 4 fully saturated rings. The Labute approximate surface area is 856 Å². The summed E-state index contributed by atoms with van der Waals surface area (Å²) >= 11 is 0. The van der Waals surface area contributed by atoms with Crippen LogP contribution in [-0.4, -0.2) is 401 Å². The van der Waals surface area contributed by atoms with Crippen LogP contribution in [0.5, 0.6) is 5.75 Å². The lowest BCUT2D eigenvalue weighted by Crippen LogP contribution is -2.68. The van der Waals surface area contributed by atoms with Gasteiger partial charge >= 0.3 is 0 Å². The van der Waals surface area contributed by atoms with Crippen LogP contribution in [0, 0.1) is 0 Å². The molecule has 54 nitrogen and oxygen atoms in total. The Morgan fingerprint density at radius 3 is 1.60 bits per heavy atom. The largest absolute Gasteiger partial charge is 0.484 e. The Morgan fingerprint density at radius 2 is 1.01 bits per heavy atom. The number of rotatable bonds is 55. The van der Waals surface area contributed by atoms with E-state index in [9.17, 15) is 128 Å². The van der Waals surface area contributed by atoms with E-state index in [0.29, 0.717) is 36.8 Å². The second kappa shape index (κ2) is 66.1. The van der Waals surface area contributed by atoms with E-state index < -0.39 is 312 Å². The summed E-state index contributed by atoms with van der Waals surface area (Å²) in [5.41, 5.74) is 33.3. The van der Waals surface area contributed by atoms with E-state index in [4.69, 9.17) is 66.7 Å². The number of ether oxygens (including phenoxy) is 7. The first kappa shape index (κ1) is 126. The van der Waals surface area contributed by atoms with Crippen molar-refractivity contribution in [2.75, 3.05) is 85.5 Å². The number of benzene rings is 2. The van der Waals surface area contributed by atoms with Crippen molar-refractivity contribution in [1.29, 1.82) is 0 Å². The minimum atomic E-state index is -2.03. The third kappa shape index (κ3) is 40.3. The zero-order chi connectivity index (χ0) is 109. The van der Waals surface area contributed by atoms with Gasteiger partial charge < -0.3 is 192 Å². The van der Waals surface area contributed by atoms with Gasteiger partial charge in [-0.2, -0.15) is 0 Å². The maximum absolute atomic E-state index is 14.7. The van der Waals surface area contributed by atoms with Gasteiger partial charge in [-0.3, -0.25) is 76.8 Å². The first-order valence-electron chi connectivity index (χ1n) is 50.2. The Morgan fingerprint density at radius 1 is 0.486 bits per heavy atom. The molecule has 836 valence electrons. The fraction of sp³-hybridized carbons (Fsp3) is 0.713. The number of hydroxylamine groups is 1. The molecule has 15 amide bonds. The molecule has 6 unspecified atom stereocenters. The summed E-state index contributed by atoms with van der Waals surface area (Å²) in [6, 6.07) is -5.49. The number of amides is 15. The van der Waals surface area contributed by atoms with Crippen molar-refractivity contribution in [3.8, 4) is 16.9 Å². The highest BCUT2D eigenvalue weighted by atomic mass is 16.8. The van der Waals surface area contributed by atoms with Gasteiger partial charge in [0.2, 0.25) is 76.8 Å². The number of carbonyl (C=O) groups is 15. The van der Waals surface area contributed by atoms with Crippen molar-refractivity contribution in [3.63, 3.8) is 0 Å². The molecule has 2 aromatic rings. The van der Waals surface area contributed by atoms with Gasteiger partial charge in [0.15, 0.2) is 25.5 Å². The summed E-state index contributed by atoms with van der Waals surface area (Å²) in [4.78, 5) is 214. The van der Waals surface area contributed by atoms with Gasteiger partial charge in [-0.05, 0) is 147 Å². The molecular formula is C94H156N20O34. The summed E-state index contributed by atoms with van der Waals surface area (Å²) < 4.78 is 40.0. The van der Waals surface area contributed by atoms with Gasteiger partial charge in [0.05, 0.1) is 51.7 Å². The maximum atomic E-state index is 14.7. The Kier molecular flexibility index (Phi) is 56.3. The van der Waals surface area contributed by atoms with Crippen molar-refractivity contribution in [3.05, 3.63) is 54.1 Å². The zero-order valence-corrected chi connectivity index (χ0v) is 84.3. The van der Waals surface area contributed by atoms with E-state index in [0.717, 1.165) is 52.4 Å². The van der Waals surface area contributed by atoms with E-state index in [1.165, 1.54) is 19.9 Å². The first-order valence-corrected chi connectivity index (χ1v) is 50.2. The fourth-order valence-corrected chi connectivity index (χ4v) is 16.4. The topological polar surface area (TPSA) is 863 Å². The van der Waals surface area contributed by atoms with E-state index in [1.54, 1.807) is 42.5 Å². The molecule has 4 heterocycles. The van der Waals surface area contributed by atoms with Gasteiger partial charge in [-0.15, -0.1) is 0 Å². The number of hydrogen-bond donors (Lipinski definition) is 31. The highest BCUT2D eigenvalue weighted by Crippen LogP contribution is 2.34. The number of carbonyl (C=O) groups excluding carboxylic acids is 15. The molecule has 0 radical (unpaired) electrons. The molecule has 54 heteroatoms. The molecule has 0 saturated carbocycles. The number of unbranched alkanes of at least 4 members (excludes halogenated alkanes) is 8. The normalized spacial score (nSPS) is 27.4. The average Bonchev–Trinajstić information content (AvgIpc) is 0.769. The zero-order valence-electron chi connectivity index (χ0n) is 84.3. The SMILES string of the molecule is CCCCCCCC[C@H]1NC(=O)[C@H](CCN)NC(=O)[C@@H](NC(=O)[C@H](CCN)NC(=O)[C@@H](NC(=O)[C@H](CCN)NC(=O)[C@H](CCCCCC)NC(=O)CCONC(=O)c2cccc(-c3ccc(OCC(=O)NCCCO[C@@H]4OC(CO)[C@@H](O[C@@H]5OC(CO)[C@H](O)[C@H](O[C@H]6OC(CO)[C@H](O)[C@H](O)C6O)C5O)[C@H](O)C4NC(C)=O)cc3)c2)[C@@H](C)O)CCNC(=O)[C@H]([C@@H](C)O)NC(=O)[C@H](CCN)NC(=O)[C@H](CCN)NC(=O)[C@H](C)NC1=O. The fourth-order valence-electron chi connectivity index (χ4n) is 16.4. The minimum absolute atomic E-state index is 0.0227. The first-order chi connectivity index (χ1) is 70.7. The van der Waals surface area contributed by atoms with Gasteiger partial charge in [0.1, 0.15) is 145 Å². The van der Waals surface area contributed by atoms with Crippen LogP contribution in [0.3, 0.4) is 0 Å². The molecule has 36 N–H and O–H groups in total. The third-order valence-corrected chi connectivity index (χ3v) is 24.8. The lowest BCUT2D eigenvalue weighted by Gasteiger charge is -2.48. The van der Waals surface area contributed by atoms with Crippen molar-refractivity contribution in [1.82, 2.24) is 79.9 Å². The molecule has 0 aliphatic carbocycles. The van der Waals surface area contributed by atoms with Crippen molar-refractivity contribution >= 4 is 88.6 Å². The van der Waals surface area contributed by atoms with Crippen LogP contribution in [0.15, 0.2) is 48.5 Å². The second-order valence-electron chi connectivity index (χ2n) is 36.7. The minimum Gasteiger partial charge on any atom is -0.484 e. The van der Waals surface area contributed by atoms with Crippen molar-refractivity contribution in [2.24, 2.45) is 28.7 Å². The molecule has 6 rings (SSSR count). The Bertz CT molecular complexity index is 4500. The molecule has 0 spiro atoms. The van der Waals surface area contributed by atoms with Gasteiger partial charge in [0.25, 0.3) is 11.8 Å². The number of nitrogens with one attached hydrogen (secondary N) is 15. The lowest BCUT2D eigenvalue weighted by molar-refractivity contribution is -0.376. The molecule has 0 aromatic heterocycles. The van der Waals surface area contributed by atoms with E-state index in [1.807, 2.05) is 13.8 Å². The second-order valence-corrected chi connectivity index (χ2v) is 36.7. The number of aliphatic hydroxyl groups excluding tert-OH is 11. The van der Waals surface area contributed by atoms with E-state index in [-0.39, 0.29) is 109 Å². The quantitative estimate of drug-likeness (QED) is 0.0216. The lowest BCUT2D eigenvalue weighted by atomic mass is 9.95. The molecule has 2 aromatic carbocycles. The summed E-state index contributed by atoms with van der Waals surface area (Å²) in [5.74, 6) is -13.2. The number of aliphatic hydroxyl groups is 11. The monoisotopic (exact) mass is 2110 g/mol. The standard InChI is InChI=1S/C94H156N20O34/c1-7-9-11-13-14-16-22-57-82(131)102-48(3)80(129)105-58(27-34-95)84(133)109-61(30-37-98)88(137)112-69(49(4)118)90(139)101-40-32-63(87(136)107-59(28-35-96)85(134)106-57)110-86(135)60(29-36-97)111-91(140)70(50(5)119)113-89(138)62(31-38-99)108-83(132)56(21-15-12-10-8-2)104-67(121)33-42-143-114-81(130)54-20-17-19-53(43-54)52-23-25-55(26-24-52)142-47-68(122)100-39-18-41-141-92-71(103-51(6)120)74(125)78(66(46-117)146-92)147-94-77(128)79(73(124)65(45-116)145-94)148-93-76(127)75(126)72(123)64(44-115)144-93/h17,19-20,23-26,43,48-50,56-66,69-79,92-94,115-119,123-128H,7-16,18,21-22,27-42,44-47,95-99H2,1-6H3,(H,100,122)(H,101,139)(H,102,131)(H,103,120)(H,104,121)(H,105,129)(H,106,134)(H,107,136)(H,108,132)(H,109,133)(H,110,135)(H,111,140)(H,112,137)(H,113,138)(H,114,130)/t48-,49+,50+,56-,57+,58-,59-,60-,61-,62-,63-,64?,65?,66?,69-,70-,71?,72-,73-,74+,75-,76?,77?,78+,79-,92+,93+,94-/m0/s1. The van der Waals surface area contributed by atoms with Gasteiger partial charge in [0, 0.05) is 25.6 Å². The molecule has 4 aliphatic rings. The number of nitrogens with two attached hydrogens (primary N) is 5. The average molecular weight is 2110 g/mol. The molecule has 148 heavy (non-hydrogen) atoms. The summed E-state index contributed by atoms with van der Waals surface area (Å²) in [5, 5.41) is 153. The number of hydrogen-bond acceptors (Lipinski definition) is 39. The smallest absolute Gasteiger partial charge is 0.274 e. The molecule has 4 saturated heterocycles. The van der Waals surface area contributed by atoms with Crippen LogP contribution in [0.25, 0.3) is 11.1 Å².